The minimum Gasteiger partial charge on any atom is -0.748 e. The summed E-state index contributed by atoms with van der Waals surface area (Å²) in [5.41, 5.74) is 1.46. The van der Waals surface area contributed by atoms with Gasteiger partial charge in [-0.2, -0.15) is 4.57 Å². The van der Waals surface area contributed by atoms with Crippen molar-refractivity contribution in [3.8, 4) is 0 Å². The van der Waals surface area contributed by atoms with Crippen molar-refractivity contribution in [1.29, 1.82) is 0 Å². The molecule has 2 aliphatic rings. The highest BCUT2D eigenvalue weighted by Crippen LogP contribution is 2.60. The number of aromatic nitrogens is 1. The summed E-state index contributed by atoms with van der Waals surface area (Å²) in [6, 6.07) is 9.90. The van der Waals surface area contributed by atoms with E-state index in [-0.39, 0.29) is 11.0 Å². The molecule has 2 aliphatic heterocycles. The van der Waals surface area contributed by atoms with Crippen molar-refractivity contribution in [1.82, 2.24) is 9.21 Å². The van der Waals surface area contributed by atoms with Crippen LogP contribution in [0, 0.1) is 0 Å². The standard InChI is InChI=1S/C21H17Cl2N3O6S4/c1-35(28,29)24-21(27)16-11-26(16)15-9-13(23)3-5-18(15)34-20(26)10-19-25(6-7-36(30,31)32)14-8-12(22)2-4-17(14)33-19/h2-5,8-10,16H,6-7,11H2,1H3/p+1. The highest BCUT2D eigenvalue weighted by atomic mass is 35.5. The van der Waals surface area contributed by atoms with Crippen LogP contribution in [0.1, 0.15) is 5.01 Å². The molecule has 2 aromatic carbocycles. The van der Waals surface area contributed by atoms with E-state index in [0.29, 0.717) is 27.1 Å². The molecule has 1 aromatic heterocycles. The first kappa shape index (κ1) is 25.9. The summed E-state index contributed by atoms with van der Waals surface area (Å²) in [5.74, 6) is -1.22. The molecular formula is C21H18Cl2N3O6S4+. The lowest BCUT2D eigenvalue weighted by Crippen LogP contribution is -2.40. The molecule has 190 valence electrons. The molecule has 0 saturated carbocycles. The number of nitrogens with zero attached hydrogens (tertiary/aromatic N) is 2. The largest absolute Gasteiger partial charge is 0.748 e. The van der Waals surface area contributed by atoms with Crippen LogP contribution in [0.2, 0.25) is 10.0 Å². The molecule has 1 amide bonds. The van der Waals surface area contributed by atoms with E-state index in [2.05, 4.69) is 4.72 Å². The second-order valence-corrected chi connectivity index (χ2v) is 14.7. The van der Waals surface area contributed by atoms with Crippen LogP contribution in [0.3, 0.4) is 0 Å². The minimum atomic E-state index is -4.47. The van der Waals surface area contributed by atoms with Crippen molar-refractivity contribution in [2.45, 2.75) is 17.5 Å². The zero-order valence-corrected chi connectivity index (χ0v) is 23.3. The molecule has 0 radical (unpaired) electrons. The third kappa shape index (κ3) is 4.90. The molecule has 1 fully saturated rings. The quantitative estimate of drug-likeness (QED) is 0.198. The van der Waals surface area contributed by atoms with Gasteiger partial charge in [0.25, 0.3) is 10.9 Å². The number of quaternary nitrogens is 1. The average Bonchev–Trinajstić information content (AvgIpc) is 3.32. The number of carbonyl (C=O) groups excluding carboxylic acids is 1. The Hall–Kier alpha value is -1.71. The molecule has 1 spiro atoms. The first-order chi connectivity index (χ1) is 16.8. The smallest absolute Gasteiger partial charge is 0.298 e. The van der Waals surface area contributed by atoms with E-state index in [9.17, 15) is 26.2 Å². The Balaban J connectivity index is 1.64. The molecule has 5 rings (SSSR count). The van der Waals surface area contributed by atoms with E-state index in [1.807, 2.05) is 18.2 Å². The van der Waals surface area contributed by atoms with Crippen molar-refractivity contribution in [3.05, 3.63) is 56.5 Å². The van der Waals surface area contributed by atoms with Crippen LogP contribution >= 0.6 is 46.3 Å². The Morgan fingerprint density at radius 3 is 2.58 bits per heavy atom. The molecule has 15 heteroatoms. The van der Waals surface area contributed by atoms with Gasteiger partial charge in [0, 0.05) is 22.2 Å². The van der Waals surface area contributed by atoms with E-state index in [1.165, 1.54) is 23.1 Å². The number of nitrogens with one attached hydrogen (secondary N) is 1. The molecule has 3 heterocycles. The van der Waals surface area contributed by atoms with Gasteiger partial charge < -0.3 is 4.55 Å². The topological polar surface area (TPSA) is 124 Å². The molecule has 36 heavy (non-hydrogen) atoms. The number of rotatable bonds is 6. The van der Waals surface area contributed by atoms with Gasteiger partial charge in [-0.05, 0) is 36.0 Å². The van der Waals surface area contributed by atoms with Gasteiger partial charge in [0.2, 0.25) is 21.6 Å². The number of halogens is 2. The van der Waals surface area contributed by atoms with Crippen molar-refractivity contribution in [3.63, 3.8) is 0 Å². The second-order valence-electron chi connectivity index (χ2n) is 8.47. The first-order valence-electron chi connectivity index (χ1n) is 10.4. The molecule has 1 saturated heterocycles. The molecule has 9 nitrogen and oxygen atoms in total. The van der Waals surface area contributed by atoms with Crippen molar-refractivity contribution >= 4 is 94.3 Å². The lowest BCUT2D eigenvalue weighted by Gasteiger charge is -2.14. The Kier molecular flexibility index (Phi) is 6.44. The summed E-state index contributed by atoms with van der Waals surface area (Å²) in [6.45, 7) is 0.256. The van der Waals surface area contributed by atoms with E-state index in [0.717, 1.165) is 26.6 Å². The molecule has 2 unspecified atom stereocenters. The molecule has 0 bridgehead atoms. The molecular weight excluding hydrogens is 589 g/mol. The highest BCUT2D eigenvalue weighted by Gasteiger charge is 2.68. The summed E-state index contributed by atoms with van der Waals surface area (Å²) in [7, 11) is -8.22. The summed E-state index contributed by atoms with van der Waals surface area (Å²) in [6.07, 6.45) is 2.77. The van der Waals surface area contributed by atoms with E-state index < -0.39 is 37.8 Å². The fourth-order valence-corrected chi connectivity index (χ4v) is 8.08. The molecule has 3 aromatic rings. The number of hydrogen-bond donors (Lipinski definition) is 1. The zero-order chi connectivity index (χ0) is 26.0. The summed E-state index contributed by atoms with van der Waals surface area (Å²) in [5, 5.41) is 2.35. The van der Waals surface area contributed by atoms with Crippen LogP contribution in [0.5, 0.6) is 0 Å². The number of thiazole rings is 1. The summed E-state index contributed by atoms with van der Waals surface area (Å²) < 4.78 is 62.3. The fraction of sp³-hybridized carbons (Fsp3) is 0.238. The maximum atomic E-state index is 12.8. The minimum absolute atomic E-state index is 0.0767. The van der Waals surface area contributed by atoms with Gasteiger partial charge in [-0.1, -0.05) is 34.5 Å². The molecule has 2 atom stereocenters. The maximum Gasteiger partial charge on any atom is 0.298 e. The summed E-state index contributed by atoms with van der Waals surface area (Å²) in [4.78, 5) is 13.7. The predicted octanol–water partition coefficient (Wildman–Crippen LogP) is 2.91. The number of benzene rings is 2. The maximum absolute atomic E-state index is 12.8. The van der Waals surface area contributed by atoms with Gasteiger partial charge in [0.1, 0.15) is 14.8 Å². The van der Waals surface area contributed by atoms with Crippen molar-refractivity contribution in [2.24, 2.45) is 0 Å². The van der Waals surface area contributed by atoms with E-state index in [4.69, 9.17) is 23.2 Å². The van der Waals surface area contributed by atoms with Gasteiger partial charge in [-0.15, -0.1) is 0 Å². The second kappa shape index (κ2) is 8.95. The van der Waals surface area contributed by atoms with Gasteiger partial charge >= 0.3 is 0 Å². The number of fused-ring (bicyclic) bond motifs is 3. The van der Waals surface area contributed by atoms with Crippen molar-refractivity contribution < 1.29 is 30.7 Å². The SMILES string of the molecule is CS(=O)(=O)NC(=O)C1C[N+]12C(=Cc1sc3ccc(Cl)cc3[n+]1CCS(=O)(=O)[O-])Sc1ccc(Cl)cc12. The van der Waals surface area contributed by atoms with Crippen LogP contribution in [0.25, 0.3) is 16.3 Å². The predicted molar refractivity (Wildman–Crippen MR) is 140 cm³/mol. The Labute approximate surface area is 225 Å². The monoisotopic (exact) mass is 606 g/mol. The average molecular weight is 608 g/mol. The van der Waals surface area contributed by atoms with Gasteiger partial charge in [-0.25, -0.2) is 26.0 Å². The van der Waals surface area contributed by atoms with Crippen LogP contribution in [0.15, 0.2) is 46.3 Å². The number of carbonyl (C=O) groups is 1. The van der Waals surface area contributed by atoms with Gasteiger partial charge in [0.15, 0.2) is 23.8 Å². The number of thioether (sulfide) groups is 1. The van der Waals surface area contributed by atoms with Crippen LogP contribution in [0.4, 0.5) is 5.69 Å². The van der Waals surface area contributed by atoms with Crippen LogP contribution in [-0.2, 0) is 31.5 Å². The normalized spacial score (nSPS) is 22.3. The first-order valence-corrected chi connectivity index (χ1v) is 16.3. The third-order valence-corrected chi connectivity index (χ3v) is 9.97. The van der Waals surface area contributed by atoms with Crippen LogP contribution in [-0.4, -0.2) is 51.9 Å². The number of amides is 1. The van der Waals surface area contributed by atoms with E-state index in [1.54, 1.807) is 28.8 Å². The van der Waals surface area contributed by atoms with Crippen LogP contribution < -0.4 is 13.8 Å². The highest BCUT2D eigenvalue weighted by molar-refractivity contribution is 8.03. The Morgan fingerprint density at radius 2 is 1.89 bits per heavy atom. The molecule has 1 N–H and O–H groups in total. The Bertz CT molecular complexity index is 1690. The number of sulfonamides is 1. The van der Waals surface area contributed by atoms with Crippen molar-refractivity contribution in [2.75, 3.05) is 18.6 Å². The summed E-state index contributed by atoms with van der Waals surface area (Å²) >= 11 is 15.3. The zero-order valence-electron chi connectivity index (χ0n) is 18.5. The number of hydrogen-bond acceptors (Lipinski definition) is 8. The third-order valence-electron chi connectivity index (χ3n) is 5.91. The lowest BCUT2D eigenvalue weighted by atomic mass is 10.3. The fourth-order valence-electron chi connectivity index (χ4n) is 4.34. The number of aryl methyl sites for hydroxylation is 1. The molecule has 0 aliphatic carbocycles. The Morgan fingerprint density at radius 1 is 1.19 bits per heavy atom. The lowest BCUT2D eigenvalue weighted by molar-refractivity contribution is -0.664. The van der Waals surface area contributed by atoms with E-state index >= 15 is 0 Å². The van der Waals surface area contributed by atoms with Gasteiger partial charge in [-0.3, -0.25) is 4.79 Å². The van der Waals surface area contributed by atoms with Gasteiger partial charge in [0.05, 0.1) is 23.0 Å².